The summed E-state index contributed by atoms with van der Waals surface area (Å²) in [5, 5.41) is 9.49. The molecule has 0 fully saturated rings. The number of para-hydroxylation sites is 2. The van der Waals surface area contributed by atoms with Crippen LogP contribution >= 0.6 is 0 Å². The van der Waals surface area contributed by atoms with Crippen molar-refractivity contribution in [3.8, 4) is 11.6 Å². The molecule has 0 aliphatic heterocycles. The zero-order valence-electron chi connectivity index (χ0n) is 14.4. The number of anilines is 1. The molecule has 0 atom stereocenters. The van der Waals surface area contributed by atoms with Crippen LogP contribution in [0.4, 0.5) is 10.5 Å². The van der Waals surface area contributed by atoms with Gasteiger partial charge in [-0.2, -0.15) is 9.78 Å². The first-order valence-corrected chi connectivity index (χ1v) is 8.01. The Morgan fingerprint density at radius 2 is 1.62 bits per heavy atom. The standard InChI is InChI=1S/C19H18N4O3/c1-13-16(17(24)20-2)22-23(15-11-7-4-8-12-15)18(13)26-19(25)21-14-9-5-3-6-10-14/h3-12H,1-2H3,(H,20,24)(H,21,25). The van der Waals surface area contributed by atoms with Crippen molar-refractivity contribution in [2.75, 3.05) is 12.4 Å². The van der Waals surface area contributed by atoms with Crippen molar-refractivity contribution in [3.05, 3.63) is 71.9 Å². The van der Waals surface area contributed by atoms with E-state index < -0.39 is 6.09 Å². The number of amides is 2. The molecule has 1 heterocycles. The molecule has 3 aromatic rings. The average Bonchev–Trinajstić information content (AvgIpc) is 2.99. The van der Waals surface area contributed by atoms with Crippen molar-refractivity contribution in [1.29, 1.82) is 0 Å². The van der Waals surface area contributed by atoms with Crippen molar-refractivity contribution < 1.29 is 14.3 Å². The predicted molar refractivity (Wildman–Crippen MR) is 97.8 cm³/mol. The number of hydrogen-bond donors (Lipinski definition) is 2. The fourth-order valence-electron chi connectivity index (χ4n) is 2.43. The second-order valence-corrected chi connectivity index (χ2v) is 5.49. The highest BCUT2D eigenvalue weighted by atomic mass is 16.6. The van der Waals surface area contributed by atoms with Crippen molar-refractivity contribution in [3.63, 3.8) is 0 Å². The summed E-state index contributed by atoms with van der Waals surface area (Å²) in [4.78, 5) is 24.4. The molecule has 0 aliphatic carbocycles. The Kier molecular flexibility index (Phi) is 4.98. The Labute approximate surface area is 150 Å². The summed E-state index contributed by atoms with van der Waals surface area (Å²) >= 11 is 0. The van der Waals surface area contributed by atoms with Crippen molar-refractivity contribution >= 4 is 17.7 Å². The Bertz CT molecular complexity index is 921. The molecule has 0 bridgehead atoms. The van der Waals surface area contributed by atoms with Gasteiger partial charge in [0.05, 0.1) is 5.69 Å². The lowest BCUT2D eigenvalue weighted by atomic mass is 10.2. The van der Waals surface area contributed by atoms with Gasteiger partial charge in [0, 0.05) is 18.3 Å². The topological polar surface area (TPSA) is 85.2 Å². The molecule has 2 amide bonds. The van der Waals surface area contributed by atoms with Gasteiger partial charge in [0.25, 0.3) is 5.91 Å². The fraction of sp³-hybridized carbons (Fsp3) is 0.105. The second-order valence-electron chi connectivity index (χ2n) is 5.49. The maximum absolute atomic E-state index is 12.3. The molecule has 2 aromatic carbocycles. The SMILES string of the molecule is CNC(=O)c1nn(-c2ccccc2)c(OC(=O)Nc2ccccc2)c1C. The lowest BCUT2D eigenvalue weighted by Gasteiger charge is -2.10. The van der Waals surface area contributed by atoms with Crippen LogP contribution in [0.25, 0.3) is 5.69 Å². The average molecular weight is 350 g/mol. The van der Waals surface area contributed by atoms with E-state index in [2.05, 4.69) is 15.7 Å². The largest absolute Gasteiger partial charge is 0.418 e. The van der Waals surface area contributed by atoms with Gasteiger partial charge in [0.15, 0.2) is 5.69 Å². The number of hydrogen-bond acceptors (Lipinski definition) is 4. The van der Waals surface area contributed by atoms with Gasteiger partial charge in [-0.3, -0.25) is 10.1 Å². The van der Waals surface area contributed by atoms with E-state index in [-0.39, 0.29) is 17.5 Å². The highest BCUT2D eigenvalue weighted by Gasteiger charge is 2.23. The highest BCUT2D eigenvalue weighted by molar-refractivity contribution is 5.94. The molecule has 132 valence electrons. The molecule has 0 radical (unpaired) electrons. The van der Waals surface area contributed by atoms with Crippen LogP contribution in [-0.4, -0.2) is 28.8 Å². The van der Waals surface area contributed by atoms with Gasteiger partial charge in [-0.25, -0.2) is 4.79 Å². The molecule has 1 aromatic heterocycles. The fourth-order valence-corrected chi connectivity index (χ4v) is 2.43. The zero-order chi connectivity index (χ0) is 18.5. The van der Waals surface area contributed by atoms with Gasteiger partial charge in [0.1, 0.15) is 0 Å². The first kappa shape index (κ1) is 17.2. The molecule has 0 spiro atoms. The monoisotopic (exact) mass is 350 g/mol. The number of nitrogens with one attached hydrogen (secondary N) is 2. The van der Waals surface area contributed by atoms with Crippen molar-refractivity contribution in [2.24, 2.45) is 0 Å². The van der Waals surface area contributed by atoms with E-state index in [4.69, 9.17) is 4.74 Å². The third kappa shape index (κ3) is 3.56. The third-order valence-electron chi connectivity index (χ3n) is 3.72. The van der Waals surface area contributed by atoms with E-state index in [0.29, 0.717) is 16.9 Å². The van der Waals surface area contributed by atoms with E-state index in [1.54, 1.807) is 31.2 Å². The molecule has 0 unspecified atom stereocenters. The Balaban J connectivity index is 1.95. The summed E-state index contributed by atoms with van der Waals surface area (Å²) in [6, 6.07) is 18.1. The minimum Gasteiger partial charge on any atom is -0.391 e. The molecule has 3 rings (SSSR count). The Hall–Kier alpha value is -3.61. The maximum atomic E-state index is 12.3. The second kappa shape index (κ2) is 7.52. The lowest BCUT2D eigenvalue weighted by Crippen LogP contribution is -2.19. The minimum absolute atomic E-state index is 0.184. The summed E-state index contributed by atoms with van der Waals surface area (Å²) in [7, 11) is 1.52. The Morgan fingerprint density at radius 1 is 1.00 bits per heavy atom. The van der Waals surface area contributed by atoms with E-state index in [0.717, 1.165) is 0 Å². The van der Waals surface area contributed by atoms with Crippen molar-refractivity contribution in [2.45, 2.75) is 6.92 Å². The predicted octanol–water partition coefficient (Wildman–Crippen LogP) is 3.15. The number of benzene rings is 2. The van der Waals surface area contributed by atoms with Gasteiger partial charge in [-0.15, -0.1) is 0 Å². The van der Waals surface area contributed by atoms with Crippen LogP contribution < -0.4 is 15.4 Å². The zero-order valence-corrected chi connectivity index (χ0v) is 14.4. The molecule has 0 saturated carbocycles. The number of ether oxygens (including phenoxy) is 1. The smallest absolute Gasteiger partial charge is 0.391 e. The van der Waals surface area contributed by atoms with Crippen LogP contribution in [0.15, 0.2) is 60.7 Å². The molecule has 0 aliphatic rings. The summed E-state index contributed by atoms with van der Waals surface area (Å²) in [5.41, 5.74) is 1.94. The third-order valence-corrected chi connectivity index (χ3v) is 3.72. The summed E-state index contributed by atoms with van der Waals surface area (Å²) in [6.45, 7) is 1.68. The van der Waals surface area contributed by atoms with Crippen molar-refractivity contribution in [1.82, 2.24) is 15.1 Å². The molecule has 7 heteroatoms. The number of rotatable bonds is 4. The van der Waals surface area contributed by atoms with Crippen LogP contribution in [0.1, 0.15) is 16.1 Å². The molecule has 2 N–H and O–H groups in total. The highest BCUT2D eigenvalue weighted by Crippen LogP contribution is 2.26. The van der Waals surface area contributed by atoms with E-state index in [9.17, 15) is 9.59 Å². The first-order chi connectivity index (χ1) is 12.6. The summed E-state index contributed by atoms with van der Waals surface area (Å²) in [5.74, 6) is -0.172. The molecular formula is C19H18N4O3. The van der Waals surface area contributed by atoms with Gasteiger partial charge in [-0.05, 0) is 31.2 Å². The van der Waals surface area contributed by atoms with Crippen LogP contribution in [0.2, 0.25) is 0 Å². The van der Waals surface area contributed by atoms with E-state index in [1.165, 1.54) is 11.7 Å². The number of carbonyl (C=O) groups is 2. The van der Waals surface area contributed by atoms with Gasteiger partial charge in [0.2, 0.25) is 5.88 Å². The lowest BCUT2D eigenvalue weighted by molar-refractivity contribution is 0.0957. The summed E-state index contributed by atoms with van der Waals surface area (Å²) in [6.07, 6.45) is -0.667. The maximum Gasteiger partial charge on any atom is 0.418 e. The van der Waals surface area contributed by atoms with Crippen LogP contribution in [0, 0.1) is 6.92 Å². The van der Waals surface area contributed by atoms with E-state index >= 15 is 0 Å². The molecule has 7 nitrogen and oxygen atoms in total. The minimum atomic E-state index is -0.667. The normalized spacial score (nSPS) is 10.2. The summed E-state index contributed by atoms with van der Waals surface area (Å²) < 4.78 is 6.92. The van der Waals surface area contributed by atoms with Gasteiger partial charge in [-0.1, -0.05) is 36.4 Å². The quantitative estimate of drug-likeness (QED) is 0.757. The first-order valence-electron chi connectivity index (χ1n) is 8.01. The van der Waals surface area contributed by atoms with Crippen LogP contribution in [0.3, 0.4) is 0 Å². The van der Waals surface area contributed by atoms with E-state index in [1.807, 2.05) is 36.4 Å². The van der Waals surface area contributed by atoms with Crippen LogP contribution in [0.5, 0.6) is 5.88 Å². The number of aromatic nitrogens is 2. The number of nitrogens with zero attached hydrogens (tertiary/aromatic N) is 2. The molecule has 0 saturated heterocycles. The molecule has 26 heavy (non-hydrogen) atoms. The van der Waals surface area contributed by atoms with Crippen LogP contribution in [-0.2, 0) is 0 Å². The number of carbonyl (C=O) groups excluding carboxylic acids is 2. The molecular weight excluding hydrogens is 332 g/mol. The van der Waals surface area contributed by atoms with Gasteiger partial charge >= 0.3 is 6.09 Å². The Morgan fingerprint density at radius 3 is 2.23 bits per heavy atom. The van der Waals surface area contributed by atoms with Gasteiger partial charge < -0.3 is 10.1 Å².